The first-order chi connectivity index (χ1) is 9.13. The highest BCUT2D eigenvalue weighted by Crippen LogP contribution is 2.40. The SMILES string of the molecule is CC1CC(C)CC(C2Nc3ccccc3CC2C)C1. The lowest BCUT2D eigenvalue weighted by Crippen LogP contribution is -2.42. The van der Waals surface area contributed by atoms with E-state index in [0.29, 0.717) is 6.04 Å². The molecule has 0 saturated heterocycles. The topological polar surface area (TPSA) is 12.0 Å². The minimum Gasteiger partial charge on any atom is -0.382 e. The van der Waals surface area contributed by atoms with E-state index < -0.39 is 0 Å². The Morgan fingerprint density at radius 3 is 2.37 bits per heavy atom. The maximum absolute atomic E-state index is 3.86. The van der Waals surface area contributed by atoms with Crippen molar-refractivity contribution < 1.29 is 0 Å². The maximum atomic E-state index is 3.86. The summed E-state index contributed by atoms with van der Waals surface area (Å²) in [4.78, 5) is 0. The number of nitrogens with one attached hydrogen (secondary N) is 1. The molecule has 3 rings (SSSR count). The Kier molecular flexibility index (Phi) is 3.56. The molecule has 1 aliphatic heterocycles. The van der Waals surface area contributed by atoms with Crippen LogP contribution < -0.4 is 5.32 Å². The van der Waals surface area contributed by atoms with E-state index in [4.69, 9.17) is 0 Å². The number of fused-ring (bicyclic) bond motifs is 1. The van der Waals surface area contributed by atoms with Crippen LogP contribution in [0.25, 0.3) is 0 Å². The molecule has 4 unspecified atom stereocenters. The number of para-hydroxylation sites is 1. The van der Waals surface area contributed by atoms with Gasteiger partial charge in [-0.05, 0) is 61.0 Å². The summed E-state index contributed by atoms with van der Waals surface area (Å²) in [6.45, 7) is 7.30. The van der Waals surface area contributed by atoms with E-state index in [0.717, 1.165) is 23.7 Å². The van der Waals surface area contributed by atoms with Gasteiger partial charge in [0.2, 0.25) is 0 Å². The van der Waals surface area contributed by atoms with E-state index in [-0.39, 0.29) is 0 Å². The highest BCUT2D eigenvalue weighted by atomic mass is 15.0. The van der Waals surface area contributed by atoms with Crippen LogP contribution in [-0.4, -0.2) is 6.04 Å². The van der Waals surface area contributed by atoms with Gasteiger partial charge in [-0.2, -0.15) is 0 Å². The minimum absolute atomic E-state index is 0.681. The van der Waals surface area contributed by atoms with E-state index in [2.05, 4.69) is 50.4 Å². The van der Waals surface area contributed by atoms with Gasteiger partial charge in [-0.1, -0.05) is 39.0 Å². The van der Waals surface area contributed by atoms with Crippen LogP contribution in [0.15, 0.2) is 24.3 Å². The van der Waals surface area contributed by atoms with E-state index in [1.54, 1.807) is 0 Å². The first kappa shape index (κ1) is 13.0. The Hall–Kier alpha value is -0.980. The maximum Gasteiger partial charge on any atom is 0.0375 e. The Morgan fingerprint density at radius 1 is 0.947 bits per heavy atom. The predicted octanol–water partition coefficient (Wildman–Crippen LogP) is 4.73. The lowest BCUT2D eigenvalue weighted by atomic mass is 9.69. The van der Waals surface area contributed by atoms with Crippen molar-refractivity contribution >= 4 is 5.69 Å². The smallest absolute Gasteiger partial charge is 0.0375 e. The molecular weight excluding hydrogens is 230 g/mol. The molecule has 0 amide bonds. The van der Waals surface area contributed by atoms with Crippen LogP contribution in [0.4, 0.5) is 5.69 Å². The average molecular weight is 257 g/mol. The third kappa shape index (κ3) is 2.66. The molecular formula is C18H27N. The number of rotatable bonds is 1. The van der Waals surface area contributed by atoms with Crippen molar-refractivity contribution in [3.63, 3.8) is 0 Å². The number of benzene rings is 1. The Bertz CT molecular complexity index is 429. The zero-order valence-corrected chi connectivity index (χ0v) is 12.5. The van der Waals surface area contributed by atoms with Gasteiger partial charge in [0.15, 0.2) is 0 Å². The Morgan fingerprint density at radius 2 is 1.63 bits per heavy atom. The molecule has 19 heavy (non-hydrogen) atoms. The summed E-state index contributed by atoms with van der Waals surface area (Å²) in [6.07, 6.45) is 5.49. The number of hydrogen-bond donors (Lipinski definition) is 1. The van der Waals surface area contributed by atoms with Crippen LogP contribution in [0.1, 0.15) is 45.6 Å². The molecule has 0 radical (unpaired) electrons. The van der Waals surface area contributed by atoms with Gasteiger partial charge in [0.1, 0.15) is 0 Å². The summed E-state index contributed by atoms with van der Waals surface area (Å²) in [6, 6.07) is 9.54. The van der Waals surface area contributed by atoms with Crippen molar-refractivity contribution in [3.05, 3.63) is 29.8 Å². The highest BCUT2D eigenvalue weighted by Gasteiger charge is 2.35. The van der Waals surface area contributed by atoms with E-state index in [9.17, 15) is 0 Å². The summed E-state index contributed by atoms with van der Waals surface area (Å²) in [7, 11) is 0. The van der Waals surface area contributed by atoms with Crippen molar-refractivity contribution in [2.24, 2.45) is 23.7 Å². The van der Waals surface area contributed by atoms with Gasteiger partial charge < -0.3 is 5.32 Å². The van der Waals surface area contributed by atoms with Gasteiger partial charge in [0.25, 0.3) is 0 Å². The first-order valence-electron chi connectivity index (χ1n) is 7.98. The van der Waals surface area contributed by atoms with Crippen molar-refractivity contribution in [1.29, 1.82) is 0 Å². The lowest BCUT2D eigenvalue weighted by molar-refractivity contribution is 0.175. The number of anilines is 1. The summed E-state index contributed by atoms with van der Waals surface area (Å²) in [5, 5.41) is 3.86. The molecule has 104 valence electrons. The van der Waals surface area contributed by atoms with Gasteiger partial charge in [0, 0.05) is 11.7 Å². The average Bonchev–Trinajstić information content (AvgIpc) is 2.36. The fourth-order valence-electron chi connectivity index (χ4n) is 4.52. The van der Waals surface area contributed by atoms with Crippen molar-refractivity contribution in [2.45, 2.75) is 52.5 Å². The van der Waals surface area contributed by atoms with E-state index in [1.807, 2.05) is 0 Å². The van der Waals surface area contributed by atoms with Crippen LogP contribution in [0.3, 0.4) is 0 Å². The first-order valence-corrected chi connectivity index (χ1v) is 7.98. The van der Waals surface area contributed by atoms with Gasteiger partial charge >= 0.3 is 0 Å². The molecule has 2 aliphatic rings. The normalized spacial score (nSPS) is 38.4. The second-order valence-electron chi connectivity index (χ2n) is 7.19. The molecule has 4 atom stereocenters. The zero-order valence-electron chi connectivity index (χ0n) is 12.5. The Labute approximate surface area is 117 Å². The second kappa shape index (κ2) is 5.19. The van der Waals surface area contributed by atoms with Gasteiger partial charge in [-0.3, -0.25) is 0 Å². The molecule has 1 heteroatoms. The predicted molar refractivity (Wildman–Crippen MR) is 82.4 cm³/mol. The molecule has 1 nitrogen and oxygen atoms in total. The third-order valence-corrected chi connectivity index (χ3v) is 5.22. The standard InChI is InChI=1S/C18H27N/c1-12-8-13(2)10-16(9-12)18-14(3)11-15-6-4-5-7-17(15)19-18/h4-7,12-14,16,18-19H,8-11H2,1-3H3. The molecule has 1 aromatic carbocycles. The van der Waals surface area contributed by atoms with Crippen LogP contribution >= 0.6 is 0 Å². The second-order valence-corrected chi connectivity index (χ2v) is 7.19. The fraction of sp³-hybridized carbons (Fsp3) is 0.667. The largest absolute Gasteiger partial charge is 0.382 e. The molecule has 1 aromatic rings. The third-order valence-electron chi connectivity index (χ3n) is 5.22. The quantitative estimate of drug-likeness (QED) is 0.767. The van der Waals surface area contributed by atoms with Crippen molar-refractivity contribution in [2.75, 3.05) is 5.32 Å². The van der Waals surface area contributed by atoms with Crippen LogP contribution in [-0.2, 0) is 6.42 Å². The zero-order chi connectivity index (χ0) is 13.4. The van der Waals surface area contributed by atoms with Crippen LogP contribution in [0, 0.1) is 23.7 Å². The summed E-state index contributed by atoms with van der Waals surface area (Å²) >= 11 is 0. The highest BCUT2D eigenvalue weighted by molar-refractivity contribution is 5.54. The van der Waals surface area contributed by atoms with Gasteiger partial charge in [-0.15, -0.1) is 0 Å². The molecule has 0 aromatic heterocycles. The monoisotopic (exact) mass is 257 g/mol. The van der Waals surface area contributed by atoms with Crippen LogP contribution in [0.2, 0.25) is 0 Å². The fourth-order valence-corrected chi connectivity index (χ4v) is 4.52. The van der Waals surface area contributed by atoms with Crippen molar-refractivity contribution in [1.82, 2.24) is 0 Å². The Balaban J connectivity index is 1.78. The summed E-state index contributed by atoms with van der Waals surface area (Å²) in [5.41, 5.74) is 2.89. The molecule has 1 aliphatic carbocycles. The molecule has 0 spiro atoms. The van der Waals surface area contributed by atoms with Crippen molar-refractivity contribution in [3.8, 4) is 0 Å². The molecule has 1 fully saturated rings. The summed E-state index contributed by atoms with van der Waals surface area (Å²) in [5.74, 6) is 3.43. The van der Waals surface area contributed by atoms with Crippen LogP contribution in [0.5, 0.6) is 0 Å². The molecule has 1 heterocycles. The molecule has 1 saturated carbocycles. The molecule has 1 N–H and O–H groups in total. The number of hydrogen-bond acceptors (Lipinski definition) is 1. The van der Waals surface area contributed by atoms with Gasteiger partial charge in [-0.25, -0.2) is 0 Å². The lowest BCUT2D eigenvalue weighted by Gasteiger charge is -2.42. The summed E-state index contributed by atoms with van der Waals surface area (Å²) < 4.78 is 0. The minimum atomic E-state index is 0.681. The van der Waals surface area contributed by atoms with E-state index in [1.165, 1.54) is 36.9 Å². The molecule has 0 bridgehead atoms. The van der Waals surface area contributed by atoms with Gasteiger partial charge in [0.05, 0.1) is 0 Å². The van der Waals surface area contributed by atoms with E-state index >= 15 is 0 Å².